The van der Waals surface area contributed by atoms with Crippen molar-refractivity contribution in [2.75, 3.05) is 5.73 Å². The summed E-state index contributed by atoms with van der Waals surface area (Å²) in [4.78, 5) is 12.3. The summed E-state index contributed by atoms with van der Waals surface area (Å²) in [5.74, 6) is 0. The molecule has 5 nitrogen and oxygen atoms in total. The molecule has 0 amide bonds. The number of benzene rings is 1. The number of H-pyrrole nitrogens is 1. The van der Waals surface area contributed by atoms with E-state index in [4.69, 9.17) is 17.3 Å². The van der Waals surface area contributed by atoms with Crippen LogP contribution in [0.3, 0.4) is 0 Å². The molecule has 0 aliphatic heterocycles. The molecule has 7 heteroatoms. The van der Waals surface area contributed by atoms with Gasteiger partial charge in [0.15, 0.2) is 5.16 Å². The first-order valence-electron chi connectivity index (χ1n) is 5.39. The fraction of sp³-hybridized carbons (Fsp3) is 0.273. The van der Waals surface area contributed by atoms with Gasteiger partial charge in [-0.3, -0.25) is 4.57 Å². The van der Waals surface area contributed by atoms with Gasteiger partial charge in [0.2, 0.25) is 0 Å². The normalized spacial score (nSPS) is 11.1. The average molecular weight is 285 g/mol. The van der Waals surface area contributed by atoms with E-state index in [1.165, 1.54) is 11.8 Å². The Morgan fingerprint density at radius 3 is 2.83 bits per heavy atom. The molecule has 18 heavy (non-hydrogen) atoms. The Labute approximate surface area is 113 Å². The van der Waals surface area contributed by atoms with Crippen molar-refractivity contribution in [1.82, 2.24) is 14.8 Å². The van der Waals surface area contributed by atoms with Gasteiger partial charge >= 0.3 is 5.69 Å². The summed E-state index contributed by atoms with van der Waals surface area (Å²) < 4.78 is 1.56. The molecule has 0 saturated heterocycles. The summed E-state index contributed by atoms with van der Waals surface area (Å²) >= 11 is 7.37. The second-order valence-corrected chi connectivity index (χ2v) is 5.42. The molecular formula is C11H13ClN4OS. The highest BCUT2D eigenvalue weighted by Crippen LogP contribution is 2.36. The molecule has 0 aliphatic rings. The molecule has 0 spiro atoms. The van der Waals surface area contributed by atoms with Crippen LogP contribution in [-0.2, 0) is 0 Å². The first-order chi connectivity index (χ1) is 8.50. The SMILES string of the molecule is CC(C)n1c(Sc2c(N)cccc2Cl)n[nH]c1=O. The molecule has 1 heterocycles. The van der Waals surface area contributed by atoms with E-state index in [0.717, 1.165) is 0 Å². The lowest BCUT2D eigenvalue weighted by atomic mass is 10.3. The number of rotatable bonds is 3. The quantitative estimate of drug-likeness (QED) is 0.849. The van der Waals surface area contributed by atoms with E-state index in [1.807, 2.05) is 13.8 Å². The van der Waals surface area contributed by atoms with Crippen molar-refractivity contribution in [3.63, 3.8) is 0 Å². The molecule has 0 unspecified atom stereocenters. The van der Waals surface area contributed by atoms with Crippen molar-refractivity contribution in [3.8, 4) is 0 Å². The molecule has 0 atom stereocenters. The minimum Gasteiger partial charge on any atom is -0.398 e. The maximum atomic E-state index is 11.6. The molecule has 2 aromatic rings. The highest BCUT2D eigenvalue weighted by molar-refractivity contribution is 7.99. The van der Waals surface area contributed by atoms with Crippen LogP contribution in [0.2, 0.25) is 5.02 Å². The molecule has 3 N–H and O–H groups in total. The van der Waals surface area contributed by atoms with Crippen molar-refractivity contribution in [3.05, 3.63) is 33.7 Å². The molecule has 2 rings (SSSR count). The molecule has 96 valence electrons. The van der Waals surface area contributed by atoms with E-state index in [2.05, 4.69) is 10.2 Å². The standard InChI is InChI=1S/C11H13ClN4OS/c1-6(2)16-10(17)14-15-11(16)18-9-7(12)4-3-5-8(9)13/h3-6H,13H2,1-2H3,(H,14,17). The fourth-order valence-corrected chi connectivity index (χ4v) is 2.86. The molecule has 1 aromatic heterocycles. The first-order valence-corrected chi connectivity index (χ1v) is 6.59. The predicted octanol–water partition coefficient (Wildman–Crippen LogP) is 2.54. The van der Waals surface area contributed by atoms with E-state index in [1.54, 1.807) is 22.8 Å². The molecule has 0 fully saturated rings. The summed E-state index contributed by atoms with van der Waals surface area (Å²) in [5, 5.41) is 7.52. The van der Waals surface area contributed by atoms with Crippen LogP contribution in [0.1, 0.15) is 19.9 Å². The summed E-state index contributed by atoms with van der Waals surface area (Å²) in [6.07, 6.45) is 0. The van der Waals surface area contributed by atoms with E-state index in [0.29, 0.717) is 20.8 Å². The molecule has 0 radical (unpaired) electrons. The van der Waals surface area contributed by atoms with Gasteiger partial charge in [-0.05, 0) is 37.7 Å². The van der Waals surface area contributed by atoms with Gasteiger partial charge in [-0.15, -0.1) is 5.10 Å². The number of hydrogen-bond acceptors (Lipinski definition) is 4. The lowest BCUT2D eigenvalue weighted by Crippen LogP contribution is -2.19. The van der Waals surface area contributed by atoms with Crippen LogP contribution in [0, 0.1) is 0 Å². The Bertz CT molecular complexity index is 599. The smallest absolute Gasteiger partial charge is 0.344 e. The second kappa shape index (κ2) is 5.07. The van der Waals surface area contributed by atoms with Gasteiger partial charge in [-0.25, -0.2) is 9.89 Å². The third kappa shape index (κ3) is 2.39. The van der Waals surface area contributed by atoms with E-state index in [-0.39, 0.29) is 11.7 Å². The molecule has 0 bridgehead atoms. The Hall–Kier alpha value is -1.40. The molecule has 1 aromatic carbocycles. The summed E-state index contributed by atoms with van der Waals surface area (Å²) in [6.45, 7) is 3.83. The van der Waals surface area contributed by atoms with Gasteiger partial charge < -0.3 is 5.73 Å². The van der Waals surface area contributed by atoms with Gasteiger partial charge in [0.05, 0.1) is 9.92 Å². The van der Waals surface area contributed by atoms with Gasteiger partial charge in [0, 0.05) is 11.7 Å². The predicted molar refractivity (Wildman–Crippen MR) is 73.2 cm³/mol. The van der Waals surface area contributed by atoms with Crippen molar-refractivity contribution in [2.45, 2.75) is 29.9 Å². The maximum absolute atomic E-state index is 11.6. The van der Waals surface area contributed by atoms with E-state index >= 15 is 0 Å². The number of nitrogens with zero attached hydrogens (tertiary/aromatic N) is 2. The number of aromatic nitrogens is 3. The van der Waals surface area contributed by atoms with Gasteiger partial charge in [0.1, 0.15) is 0 Å². The minimum atomic E-state index is -0.238. The molecular weight excluding hydrogens is 272 g/mol. The Morgan fingerprint density at radius 1 is 1.50 bits per heavy atom. The largest absolute Gasteiger partial charge is 0.398 e. The van der Waals surface area contributed by atoms with Crippen molar-refractivity contribution in [2.24, 2.45) is 0 Å². The van der Waals surface area contributed by atoms with Gasteiger partial charge in [-0.1, -0.05) is 17.7 Å². The molecule has 0 saturated carbocycles. The third-order valence-electron chi connectivity index (χ3n) is 2.38. The zero-order valence-electron chi connectivity index (χ0n) is 9.98. The number of anilines is 1. The Morgan fingerprint density at radius 2 is 2.22 bits per heavy atom. The Balaban J connectivity index is 2.44. The van der Waals surface area contributed by atoms with E-state index < -0.39 is 0 Å². The number of nitrogens with two attached hydrogens (primary N) is 1. The van der Waals surface area contributed by atoms with Crippen molar-refractivity contribution >= 4 is 29.1 Å². The van der Waals surface area contributed by atoms with Crippen LogP contribution in [0.4, 0.5) is 5.69 Å². The highest BCUT2D eigenvalue weighted by atomic mass is 35.5. The average Bonchev–Trinajstić information content (AvgIpc) is 2.65. The monoisotopic (exact) mass is 284 g/mol. The highest BCUT2D eigenvalue weighted by Gasteiger charge is 2.15. The van der Waals surface area contributed by atoms with Crippen molar-refractivity contribution < 1.29 is 0 Å². The second-order valence-electron chi connectivity index (χ2n) is 4.04. The number of nitrogen functional groups attached to an aromatic ring is 1. The van der Waals surface area contributed by atoms with Crippen LogP contribution in [-0.4, -0.2) is 14.8 Å². The lowest BCUT2D eigenvalue weighted by Gasteiger charge is -2.10. The Kier molecular flexibility index (Phi) is 3.68. The van der Waals surface area contributed by atoms with Gasteiger partial charge in [-0.2, -0.15) is 0 Å². The number of hydrogen-bond donors (Lipinski definition) is 2. The summed E-state index contributed by atoms with van der Waals surface area (Å²) in [5.41, 5.74) is 6.20. The number of halogens is 1. The van der Waals surface area contributed by atoms with Crippen LogP contribution in [0.5, 0.6) is 0 Å². The lowest BCUT2D eigenvalue weighted by molar-refractivity contribution is 0.534. The molecule has 0 aliphatic carbocycles. The zero-order valence-corrected chi connectivity index (χ0v) is 11.5. The van der Waals surface area contributed by atoms with Crippen LogP contribution < -0.4 is 11.4 Å². The maximum Gasteiger partial charge on any atom is 0.344 e. The van der Waals surface area contributed by atoms with Crippen molar-refractivity contribution in [1.29, 1.82) is 0 Å². The fourth-order valence-electron chi connectivity index (χ4n) is 1.54. The van der Waals surface area contributed by atoms with Crippen LogP contribution in [0.15, 0.2) is 33.0 Å². The van der Waals surface area contributed by atoms with Crippen LogP contribution in [0.25, 0.3) is 0 Å². The minimum absolute atomic E-state index is 0.0162. The zero-order chi connectivity index (χ0) is 13.3. The third-order valence-corrected chi connectivity index (χ3v) is 3.94. The van der Waals surface area contributed by atoms with Gasteiger partial charge in [0.25, 0.3) is 0 Å². The first kappa shape index (κ1) is 13.0. The number of aromatic amines is 1. The number of nitrogens with one attached hydrogen (secondary N) is 1. The topological polar surface area (TPSA) is 76.7 Å². The summed E-state index contributed by atoms with van der Waals surface area (Å²) in [7, 11) is 0. The van der Waals surface area contributed by atoms with Crippen LogP contribution >= 0.6 is 23.4 Å². The van der Waals surface area contributed by atoms with E-state index in [9.17, 15) is 4.79 Å². The summed E-state index contributed by atoms with van der Waals surface area (Å²) in [6, 6.07) is 5.31.